The zero-order valence-corrected chi connectivity index (χ0v) is 12.8. The van der Waals surface area contributed by atoms with Gasteiger partial charge in [0.1, 0.15) is 0 Å². The second-order valence-corrected chi connectivity index (χ2v) is 7.46. The van der Waals surface area contributed by atoms with E-state index in [0.717, 1.165) is 11.8 Å². The van der Waals surface area contributed by atoms with Gasteiger partial charge in [0.15, 0.2) is 0 Å². The van der Waals surface area contributed by atoms with Crippen LogP contribution >= 0.6 is 39.0 Å². The first kappa shape index (κ1) is 12.9. The predicted molar refractivity (Wildman–Crippen MR) is 78.5 cm³/mol. The van der Waals surface area contributed by atoms with Crippen LogP contribution < -0.4 is 5.32 Å². The molecule has 0 saturated carbocycles. The minimum Gasteiger partial charge on any atom is -0.308 e. The zero-order chi connectivity index (χ0) is 11.4. The van der Waals surface area contributed by atoms with Gasteiger partial charge in [-0.3, -0.25) is 0 Å². The molecule has 0 radical (unpaired) electrons. The van der Waals surface area contributed by atoms with Gasteiger partial charge in [-0.1, -0.05) is 6.42 Å². The Morgan fingerprint density at radius 3 is 3.06 bits per heavy atom. The largest absolute Gasteiger partial charge is 0.308 e. The summed E-state index contributed by atoms with van der Waals surface area (Å²) in [5.74, 6) is 1.35. The molecule has 0 aromatic carbocycles. The second-order valence-electron chi connectivity index (χ2n) is 4.25. The van der Waals surface area contributed by atoms with E-state index >= 15 is 0 Å². The summed E-state index contributed by atoms with van der Waals surface area (Å²) in [5, 5.41) is 6.63. The summed E-state index contributed by atoms with van der Waals surface area (Å²) >= 11 is 7.56. The average Bonchev–Trinajstić information content (AvgIpc) is 2.74. The van der Waals surface area contributed by atoms with Crippen molar-refractivity contribution < 1.29 is 0 Å². The van der Waals surface area contributed by atoms with Crippen molar-refractivity contribution in [2.24, 2.45) is 0 Å². The van der Waals surface area contributed by atoms with Gasteiger partial charge in [0.25, 0.3) is 0 Å². The molecule has 1 nitrogen and oxygen atoms in total. The fraction of sp³-hybridized carbons (Fsp3) is 0.667. The molecule has 1 fully saturated rings. The highest BCUT2D eigenvalue weighted by molar-refractivity contribution is 9.10. The molecule has 0 amide bonds. The lowest BCUT2D eigenvalue weighted by Crippen LogP contribution is -2.28. The molecule has 4 heteroatoms. The van der Waals surface area contributed by atoms with E-state index in [0.29, 0.717) is 6.04 Å². The van der Waals surface area contributed by atoms with E-state index in [9.17, 15) is 0 Å². The maximum absolute atomic E-state index is 3.66. The van der Waals surface area contributed by atoms with Crippen molar-refractivity contribution in [2.75, 3.05) is 12.3 Å². The Labute approximate surface area is 115 Å². The molecular weight excluding hydrogens is 302 g/mol. The van der Waals surface area contributed by atoms with Crippen molar-refractivity contribution >= 4 is 39.0 Å². The molecule has 1 saturated heterocycles. The number of thiophene rings is 1. The molecule has 0 aliphatic carbocycles. The highest BCUT2D eigenvalue weighted by Crippen LogP contribution is 2.30. The third kappa shape index (κ3) is 3.49. The van der Waals surface area contributed by atoms with Crippen LogP contribution in [0.1, 0.15) is 37.1 Å². The minimum atomic E-state index is 0.469. The molecule has 1 aliphatic heterocycles. The molecular formula is C12H18BrNS2. The fourth-order valence-electron chi connectivity index (χ4n) is 1.98. The number of halogens is 1. The normalized spacial score (nSPS) is 23.2. The Hall–Kier alpha value is 0.490. The lowest BCUT2D eigenvalue weighted by molar-refractivity contribution is 0.542. The lowest BCUT2D eigenvalue weighted by atomic mass is 10.2. The van der Waals surface area contributed by atoms with Crippen LogP contribution in [-0.4, -0.2) is 17.5 Å². The number of hydrogen-bond acceptors (Lipinski definition) is 3. The van der Waals surface area contributed by atoms with Crippen LogP contribution in [0.25, 0.3) is 0 Å². The first-order chi connectivity index (χ1) is 7.77. The van der Waals surface area contributed by atoms with E-state index in [1.54, 1.807) is 0 Å². The van der Waals surface area contributed by atoms with Crippen LogP contribution in [0.5, 0.6) is 0 Å². The molecule has 16 heavy (non-hydrogen) atoms. The van der Waals surface area contributed by atoms with Gasteiger partial charge in [0, 0.05) is 27.2 Å². The lowest BCUT2D eigenvalue weighted by Gasteiger charge is -2.23. The van der Waals surface area contributed by atoms with E-state index in [2.05, 4.69) is 51.4 Å². The topological polar surface area (TPSA) is 12.0 Å². The van der Waals surface area contributed by atoms with Gasteiger partial charge >= 0.3 is 0 Å². The summed E-state index contributed by atoms with van der Waals surface area (Å²) < 4.78 is 1.24. The van der Waals surface area contributed by atoms with Crippen LogP contribution in [0.3, 0.4) is 0 Å². The second kappa shape index (κ2) is 6.43. The van der Waals surface area contributed by atoms with Crippen molar-refractivity contribution in [2.45, 2.75) is 37.5 Å². The predicted octanol–water partition coefficient (Wildman–Crippen LogP) is 4.45. The third-order valence-corrected chi connectivity index (χ3v) is 6.42. The van der Waals surface area contributed by atoms with Crippen LogP contribution in [-0.2, 0) is 0 Å². The molecule has 1 N–H and O–H groups in total. The van der Waals surface area contributed by atoms with Crippen LogP contribution in [0.2, 0.25) is 0 Å². The highest BCUT2D eigenvalue weighted by Gasteiger charge is 2.16. The van der Waals surface area contributed by atoms with Gasteiger partial charge in [-0.15, -0.1) is 11.3 Å². The summed E-state index contributed by atoms with van der Waals surface area (Å²) in [4.78, 5) is 1.42. The Balaban J connectivity index is 1.79. The molecule has 1 aromatic heterocycles. The number of rotatable bonds is 4. The maximum atomic E-state index is 3.66. The van der Waals surface area contributed by atoms with Crippen molar-refractivity contribution in [3.05, 3.63) is 20.8 Å². The van der Waals surface area contributed by atoms with E-state index in [1.165, 1.54) is 34.4 Å². The highest BCUT2D eigenvalue weighted by atomic mass is 79.9. The van der Waals surface area contributed by atoms with Gasteiger partial charge in [0.2, 0.25) is 0 Å². The van der Waals surface area contributed by atoms with Crippen molar-refractivity contribution in [3.8, 4) is 0 Å². The van der Waals surface area contributed by atoms with Crippen LogP contribution in [0.4, 0.5) is 0 Å². The fourth-order valence-corrected chi connectivity index (χ4v) is 4.98. The van der Waals surface area contributed by atoms with E-state index in [4.69, 9.17) is 0 Å². The molecule has 2 heterocycles. The molecule has 0 bridgehead atoms. The summed E-state index contributed by atoms with van der Waals surface area (Å²) in [6.07, 6.45) is 4.21. The molecule has 2 atom stereocenters. The Kier molecular flexibility index (Phi) is 5.20. The van der Waals surface area contributed by atoms with Gasteiger partial charge in [-0.2, -0.15) is 11.8 Å². The summed E-state index contributed by atoms with van der Waals surface area (Å²) in [7, 11) is 0. The smallest absolute Gasteiger partial charge is 0.0397 e. The first-order valence-corrected chi connectivity index (χ1v) is 8.57. The summed E-state index contributed by atoms with van der Waals surface area (Å²) in [6, 6.07) is 2.60. The van der Waals surface area contributed by atoms with Gasteiger partial charge in [0.05, 0.1) is 0 Å². The number of hydrogen-bond donors (Lipinski definition) is 1. The van der Waals surface area contributed by atoms with E-state index < -0.39 is 0 Å². The SMILES string of the molecule is CC(NCC1CCCCS1)c1sccc1Br. The average molecular weight is 320 g/mol. The van der Waals surface area contributed by atoms with E-state index in [1.807, 2.05) is 11.3 Å². The van der Waals surface area contributed by atoms with Gasteiger partial charge in [-0.25, -0.2) is 0 Å². The monoisotopic (exact) mass is 319 g/mol. The molecule has 1 aliphatic rings. The Morgan fingerprint density at radius 1 is 1.56 bits per heavy atom. The maximum Gasteiger partial charge on any atom is 0.0397 e. The third-order valence-electron chi connectivity index (χ3n) is 2.96. The summed E-state index contributed by atoms with van der Waals surface area (Å²) in [5.41, 5.74) is 0. The van der Waals surface area contributed by atoms with Crippen molar-refractivity contribution in [3.63, 3.8) is 0 Å². The Morgan fingerprint density at radius 2 is 2.44 bits per heavy atom. The van der Waals surface area contributed by atoms with E-state index in [-0.39, 0.29) is 0 Å². The molecule has 90 valence electrons. The standard InChI is InChI=1S/C12H18BrNS2/c1-9(12-11(13)5-7-16-12)14-8-10-4-2-3-6-15-10/h5,7,9-10,14H,2-4,6,8H2,1H3. The number of nitrogens with one attached hydrogen (secondary N) is 1. The molecule has 2 rings (SSSR count). The van der Waals surface area contributed by atoms with Crippen molar-refractivity contribution in [1.82, 2.24) is 5.32 Å². The number of thioether (sulfide) groups is 1. The zero-order valence-electron chi connectivity index (χ0n) is 9.54. The van der Waals surface area contributed by atoms with Crippen LogP contribution in [0.15, 0.2) is 15.9 Å². The quantitative estimate of drug-likeness (QED) is 0.880. The van der Waals surface area contributed by atoms with Crippen molar-refractivity contribution in [1.29, 1.82) is 0 Å². The molecule has 2 unspecified atom stereocenters. The van der Waals surface area contributed by atoms with Crippen LogP contribution in [0, 0.1) is 0 Å². The summed E-state index contributed by atoms with van der Waals surface area (Å²) in [6.45, 7) is 3.40. The minimum absolute atomic E-state index is 0.469. The van der Waals surface area contributed by atoms with Gasteiger partial charge in [-0.05, 0) is 52.9 Å². The molecule has 1 aromatic rings. The Bertz CT molecular complexity index is 321. The first-order valence-electron chi connectivity index (χ1n) is 5.85. The van der Waals surface area contributed by atoms with Gasteiger partial charge < -0.3 is 5.32 Å². The molecule has 0 spiro atoms.